The number of aromatic nitrogens is 4. The number of amides is 3. The minimum absolute atomic E-state index is 0.297. The lowest BCUT2D eigenvalue weighted by molar-refractivity contribution is -0.275. The monoisotopic (exact) mass is 1080 g/mol. The van der Waals surface area contributed by atoms with Gasteiger partial charge in [-0.2, -0.15) is 26.3 Å². The molecule has 398 valence electrons. The number of hydrogen-bond donors (Lipinski definition) is 3. The van der Waals surface area contributed by atoms with E-state index in [9.17, 15) is 76.3 Å². The first-order valence-electron chi connectivity index (χ1n) is 19.6. The molecule has 75 heavy (non-hydrogen) atoms. The van der Waals surface area contributed by atoms with E-state index in [2.05, 4.69) is 34.1 Å². The summed E-state index contributed by atoms with van der Waals surface area (Å²) in [5.74, 6) is -15.5. The van der Waals surface area contributed by atoms with Gasteiger partial charge in [0.05, 0.1) is 32.5 Å². The van der Waals surface area contributed by atoms with Crippen molar-refractivity contribution in [2.75, 3.05) is 32.0 Å². The summed E-state index contributed by atoms with van der Waals surface area (Å²) in [6.07, 6.45) is -18.5. The topological polar surface area (TPSA) is 235 Å². The van der Waals surface area contributed by atoms with E-state index in [0.29, 0.717) is 24.3 Å². The van der Waals surface area contributed by atoms with Crippen LogP contribution in [0.1, 0.15) is 53.1 Å². The zero-order valence-corrected chi connectivity index (χ0v) is 37.2. The SMILES string of the molecule is COC(=O)c1nccc(NC(=O)c2c(Oc3ccc(OC(F)(F)F)cc3OC)ccc(C(F)(F)F)c2F)n1.COc1cc(OC(F)(F)F)ccc1Oc1ccc(C(F)(F)F)c(F)c1C(=O)Nc1ccnc(C(N)=O)n1. The van der Waals surface area contributed by atoms with Crippen LogP contribution in [0.4, 0.5) is 73.1 Å². The maximum atomic E-state index is 15.0. The minimum atomic E-state index is -5.21. The summed E-state index contributed by atoms with van der Waals surface area (Å²) in [5.41, 5.74) is -1.08. The van der Waals surface area contributed by atoms with Crippen LogP contribution in [0, 0.1) is 11.6 Å². The van der Waals surface area contributed by atoms with Gasteiger partial charge in [0, 0.05) is 24.5 Å². The van der Waals surface area contributed by atoms with Crippen molar-refractivity contribution in [1.82, 2.24) is 19.9 Å². The Hall–Kier alpha value is -9.26. The van der Waals surface area contributed by atoms with Crippen molar-refractivity contribution in [3.63, 3.8) is 0 Å². The van der Waals surface area contributed by atoms with Crippen LogP contribution >= 0.6 is 0 Å². The smallest absolute Gasteiger partial charge is 0.493 e. The number of carbonyl (C=O) groups is 4. The number of halogens is 14. The van der Waals surface area contributed by atoms with E-state index in [-0.39, 0.29) is 0 Å². The number of esters is 1. The van der Waals surface area contributed by atoms with Crippen LogP contribution in [0.5, 0.6) is 46.0 Å². The highest BCUT2D eigenvalue weighted by atomic mass is 19.4. The van der Waals surface area contributed by atoms with Gasteiger partial charge in [-0.1, -0.05) is 0 Å². The molecule has 2 heterocycles. The molecule has 0 fully saturated rings. The average Bonchev–Trinajstić information content (AvgIpc) is 3.30. The predicted molar refractivity (Wildman–Crippen MR) is 222 cm³/mol. The number of alkyl halides is 12. The molecule has 0 aliphatic carbocycles. The Morgan fingerprint density at radius 3 is 1.23 bits per heavy atom. The zero-order valence-electron chi connectivity index (χ0n) is 37.2. The van der Waals surface area contributed by atoms with Gasteiger partial charge in [-0.25, -0.2) is 33.5 Å². The van der Waals surface area contributed by atoms with Crippen LogP contribution < -0.4 is 44.8 Å². The van der Waals surface area contributed by atoms with Crippen molar-refractivity contribution in [2.45, 2.75) is 25.1 Å². The van der Waals surface area contributed by atoms with Crippen molar-refractivity contribution in [3.05, 3.63) is 131 Å². The van der Waals surface area contributed by atoms with Gasteiger partial charge in [0.15, 0.2) is 34.6 Å². The average molecular weight is 1080 g/mol. The second-order valence-corrected chi connectivity index (χ2v) is 13.8. The van der Waals surface area contributed by atoms with Crippen LogP contribution in [0.25, 0.3) is 0 Å². The number of nitrogens with one attached hydrogen (secondary N) is 2. The Morgan fingerprint density at radius 1 is 0.507 bits per heavy atom. The van der Waals surface area contributed by atoms with Crippen LogP contribution in [-0.4, -0.2) is 77.7 Å². The predicted octanol–water partition coefficient (Wildman–Crippen LogP) is 10.1. The third-order valence-corrected chi connectivity index (χ3v) is 8.83. The minimum Gasteiger partial charge on any atom is -0.493 e. The molecule has 0 radical (unpaired) electrons. The van der Waals surface area contributed by atoms with Crippen molar-refractivity contribution in [3.8, 4) is 46.0 Å². The fourth-order valence-electron chi connectivity index (χ4n) is 5.77. The van der Waals surface area contributed by atoms with Gasteiger partial charge in [0.25, 0.3) is 17.7 Å². The summed E-state index contributed by atoms with van der Waals surface area (Å²) < 4.78 is 217. The number of primary amides is 1. The lowest BCUT2D eigenvalue weighted by Gasteiger charge is -2.17. The molecule has 0 bridgehead atoms. The highest BCUT2D eigenvalue weighted by molar-refractivity contribution is 6.07. The molecule has 3 amide bonds. The summed E-state index contributed by atoms with van der Waals surface area (Å²) in [6, 6.07) is 8.80. The quantitative estimate of drug-likeness (QED) is 0.0680. The zero-order chi connectivity index (χ0) is 55.8. The Bertz CT molecular complexity index is 3120. The molecule has 6 rings (SSSR count). The third-order valence-electron chi connectivity index (χ3n) is 8.83. The molecule has 0 spiro atoms. The summed E-state index contributed by atoms with van der Waals surface area (Å²) in [5, 5.41) is 4.03. The lowest BCUT2D eigenvalue weighted by atomic mass is 10.1. The maximum Gasteiger partial charge on any atom is 0.573 e. The van der Waals surface area contributed by atoms with Gasteiger partial charge in [-0.3, -0.25) is 14.4 Å². The number of nitrogens with two attached hydrogens (primary N) is 1. The van der Waals surface area contributed by atoms with Gasteiger partial charge < -0.3 is 49.5 Å². The van der Waals surface area contributed by atoms with Gasteiger partial charge in [0.2, 0.25) is 11.6 Å². The Labute approximate surface area is 408 Å². The van der Waals surface area contributed by atoms with E-state index in [1.807, 2.05) is 10.6 Å². The number of benzene rings is 4. The van der Waals surface area contributed by atoms with Crippen LogP contribution in [-0.2, 0) is 17.1 Å². The largest absolute Gasteiger partial charge is 0.573 e. The molecule has 0 atom stereocenters. The highest BCUT2D eigenvalue weighted by Gasteiger charge is 2.40. The van der Waals surface area contributed by atoms with Crippen LogP contribution in [0.2, 0.25) is 0 Å². The number of hydrogen-bond acceptors (Lipinski definition) is 15. The second-order valence-electron chi connectivity index (χ2n) is 13.8. The number of ether oxygens (including phenoxy) is 7. The molecule has 32 heteroatoms. The lowest BCUT2D eigenvalue weighted by Crippen LogP contribution is -2.21. The molecular weight excluding hydrogens is 1060 g/mol. The van der Waals surface area contributed by atoms with Crippen LogP contribution in [0.15, 0.2) is 85.2 Å². The molecule has 4 aromatic carbocycles. The van der Waals surface area contributed by atoms with E-state index < -0.39 is 152 Å². The first kappa shape index (κ1) is 56.7. The summed E-state index contributed by atoms with van der Waals surface area (Å²) >= 11 is 0. The molecule has 0 saturated heterocycles. The van der Waals surface area contributed by atoms with E-state index >= 15 is 4.39 Å². The fourth-order valence-corrected chi connectivity index (χ4v) is 5.77. The number of anilines is 2. The van der Waals surface area contributed by atoms with Gasteiger partial charge in [-0.15, -0.1) is 26.3 Å². The molecule has 0 saturated carbocycles. The molecule has 6 aromatic rings. The number of methoxy groups -OCH3 is 3. The van der Waals surface area contributed by atoms with Gasteiger partial charge in [-0.05, 0) is 60.7 Å². The Balaban J connectivity index is 0.000000277. The third kappa shape index (κ3) is 14.9. The normalized spacial score (nSPS) is 11.5. The molecule has 2 aromatic heterocycles. The molecule has 4 N–H and O–H groups in total. The van der Waals surface area contributed by atoms with Gasteiger partial charge in [0.1, 0.15) is 45.8 Å². The van der Waals surface area contributed by atoms with Crippen molar-refractivity contribution in [1.29, 1.82) is 0 Å². The van der Waals surface area contributed by atoms with E-state index in [4.69, 9.17) is 24.7 Å². The van der Waals surface area contributed by atoms with E-state index in [1.165, 1.54) is 0 Å². The maximum absolute atomic E-state index is 15.0. The van der Waals surface area contributed by atoms with E-state index in [0.717, 1.165) is 82.3 Å². The molecule has 18 nitrogen and oxygen atoms in total. The first-order chi connectivity index (χ1) is 34.9. The van der Waals surface area contributed by atoms with Crippen molar-refractivity contribution < 1.29 is 114 Å². The Kier molecular flexibility index (Phi) is 17.1. The summed E-state index contributed by atoms with van der Waals surface area (Å²) in [7, 11) is 3.09. The van der Waals surface area contributed by atoms with E-state index in [1.54, 1.807) is 0 Å². The standard InChI is InChI=1S/C22H14F7N3O6.C21H13F7N4O5/c1-35-14-9-10(38-22(27,28)29)3-5-12(14)37-13-6-4-11(21(24,25)26)17(23)16(13)19(33)32-15-7-8-30-18(31-15)20(34)36-2;1-35-13-8-9(37-21(26,27)28)2-4-11(13)36-12-5-3-10(20(23,24)25)16(22)15(12)19(34)32-14-6-7-30-18(31-14)17(29)33/h3-9H,1-2H3,(H,30,31,32,33);2-8H,1H3,(H2,29,33)(H,30,31,32,34). The number of rotatable bonds is 14. The highest BCUT2D eigenvalue weighted by Crippen LogP contribution is 2.43. The molecule has 0 unspecified atom stereocenters. The molecular formula is C43H27F14N7O11. The number of nitrogens with zero attached hydrogens (tertiary/aromatic N) is 4. The fraction of sp³-hybridized carbons (Fsp3) is 0.163. The van der Waals surface area contributed by atoms with Crippen molar-refractivity contribution >= 4 is 35.3 Å². The summed E-state index contributed by atoms with van der Waals surface area (Å²) in [6.45, 7) is 0. The van der Waals surface area contributed by atoms with Crippen LogP contribution in [0.3, 0.4) is 0 Å². The molecule has 0 aliphatic rings. The van der Waals surface area contributed by atoms with Crippen molar-refractivity contribution in [2.24, 2.45) is 5.73 Å². The molecule has 0 aliphatic heterocycles. The Morgan fingerprint density at radius 2 is 0.880 bits per heavy atom. The first-order valence-corrected chi connectivity index (χ1v) is 19.6. The number of carbonyl (C=O) groups excluding carboxylic acids is 4. The summed E-state index contributed by atoms with van der Waals surface area (Å²) in [4.78, 5) is 62.9. The second kappa shape index (κ2) is 22.7. The van der Waals surface area contributed by atoms with Gasteiger partial charge >= 0.3 is 31.0 Å².